The predicted octanol–water partition coefficient (Wildman–Crippen LogP) is 2.65. The molecule has 0 amide bonds. The highest BCUT2D eigenvalue weighted by molar-refractivity contribution is 8.00. The molecule has 1 atom stereocenters. The highest BCUT2D eigenvalue weighted by Crippen LogP contribution is 2.29. The second kappa shape index (κ2) is 8.13. The fraction of sp³-hybridized carbons (Fsp3) is 0.353. The topological polar surface area (TPSA) is 92.0 Å². The average molecular weight is 373 g/mol. The molecule has 3 aromatic rings. The van der Waals surface area contributed by atoms with Crippen LogP contribution in [0.5, 0.6) is 5.75 Å². The van der Waals surface area contributed by atoms with Gasteiger partial charge in [0.15, 0.2) is 11.2 Å². The summed E-state index contributed by atoms with van der Waals surface area (Å²) in [7, 11) is 1.62. The average Bonchev–Trinajstić information content (AvgIpc) is 3.11. The number of hydrogen-bond acceptors (Lipinski definition) is 8. The van der Waals surface area contributed by atoms with Crippen LogP contribution < -0.4 is 4.74 Å². The molecule has 0 saturated heterocycles. The summed E-state index contributed by atoms with van der Waals surface area (Å²) in [6.45, 7) is 4.07. The van der Waals surface area contributed by atoms with Crippen molar-refractivity contribution in [3.05, 3.63) is 30.6 Å². The van der Waals surface area contributed by atoms with Crippen molar-refractivity contribution < 1.29 is 14.3 Å². The second-order valence-electron chi connectivity index (χ2n) is 5.32. The third kappa shape index (κ3) is 3.62. The summed E-state index contributed by atoms with van der Waals surface area (Å²) in [6, 6.07) is 7.42. The Morgan fingerprint density at radius 1 is 1.23 bits per heavy atom. The molecule has 0 N–H and O–H groups in total. The number of ether oxygens (including phenoxy) is 2. The van der Waals surface area contributed by atoms with E-state index in [1.54, 1.807) is 18.7 Å². The van der Waals surface area contributed by atoms with Gasteiger partial charge in [0, 0.05) is 0 Å². The van der Waals surface area contributed by atoms with Crippen LogP contribution in [0, 0.1) is 0 Å². The first-order valence-corrected chi connectivity index (χ1v) is 9.10. The molecule has 8 nitrogen and oxygen atoms in total. The van der Waals surface area contributed by atoms with Crippen molar-refractivity contribution in [1.82, 2.24) is 25.0 Å². The van der Waals surface area contributed by atoms with Gasteiger partial charge < -0.3 is 9.47 Å². The lowest BCUT2D eigenvalue weighted by Gasteiger charge is -2.12. The monoisotopic (exact) mass is 373 g/mol. The van der Waals surface area contributed by atoms with Crippen LogP contribution in [0.4, 0.5) is 0 Å². The highest BCUT2D eigenvalue weighted by Gasteiger charge is 2.23. The number of methoxy groups -OCH3 is 1. The Labute approximate surface area is 154 Å². The van der Waals surface area contributed by atoms with Crippen LogP contribution in [0.1, 0.15) is 20.3 Å². The number of carbonyl (C=O) groups is 1. The Balaban J connectivity index is 1.94. The first kappa shape index (κ1) is 18.1. The molecule has 0 bridgehead atoms. The van der Waals surface area contributed by atoms with Gasteiger partial charge in [-0.25, -0.2) is 9.97 Å². The summed E-state index contributed by atoms with van der Waals surface area (Å²) in [5.74, 6) is 0.499. The van der Waals surface area contributed by atoms with E-state index in [9.17, 15) is 4.79 Å². The summed E-state index contributed by atoms with van der Waals surface area (Å²) >= 11 is 1.32. The molecule has 9 heteroatoms. The van der Waals surface area contributed by atoms with Gasteiger partial charge in [0.25, 0.3) is 0 Å². The van der Waals surface area contributed by atoms with Crippen LogP contribution in [-0.4, -0.2) is 49.9 Å². The van der Waals surface area contributed by atoms with Crippen molar-refractivity contribution in [2.24, 2.45) is 0 Å². The number of esters is 1. The van der Waals surface area contributed by atoms with Crippen molar-refractivity contribution in [3.63, 3.8) is 0 Å². The highest BCUT2D eigenvalue weighted by atomic mass is 32.2. The fourth-order valence-electron chi connectivity index (χ4n) is 2.38. The molecule has 0 spiro atoms. The van der Waals surface area contributed by atoms with Gasteiger partial charge in [0.1, 0.15) is 22.4 Å². The van der Waals surface area contributed by atoms with E-state index in [1.807, 2.05) is 31.2 Å². The van der Waals surface area contributed by atoms with Gasteiger partial charge in [-0.05, 0) is 37.6 Å². The first-order valence-electron chi connectivity index (χ1n) is 8.22. The molecule has 1 aromatic carbocycles. The van der Waals surface area contributed by atoms with Crippen LogP contribution in [-0.2, 0) is 9.53 Å². The maximum Gasteiger partial charge on any atom is 0.319 e. The minimum atomic E-state index is -0.348. The lowest BCUT2D eigenvalue weighted by molar-refractivity contribution is -0.142. The van der Waals surface area contributed by atoms with E-state index < -0.39 is 0 Å². The summed E-state index contributed by atoms with van der Waals surface area (Å²) < 4.78 is 11.9. The van der Waals surface area contributed by atoms with E-state index >= 15 is 0 Å². The minimum absolute atomic E-state index is 0.255. The third-order valence-electron chi connectivity index (χ3n) is 3.70. The first-order chi connectivity index (χ1) is 12.7. The summed E-state index contributed by atoms with van der Waals surface area (Å²) in [4.78, 5) is 20.6. The van der Waals surface area contributed by atoms with E-state index in [4.69, 9.17) is 9.47 Å². The van der Waals surface area contributed by atoms with Gasteiger partial charge in [-0.2, -0.15) is 4.68 Å². The van der Waals surface area contributed by atoms with Gasteiger partial charge in [-0.3, -0.25) is 4.79 Å². The molecule has 136 valence electrons. The smallest absolute Gasteiger partial charge is 0.319 e. The molecule has 0 radical (unpaired) electrons. The van der Waals surface area contributed by atoms with Gasteiger partial charge in [-0.1, -0.05) is 23.9 Å². The molecule has 0 aliphatic heterocycles. The molecule has 0 fully saturated rings. The van der Waals surface area contributed by atoms with Crippen LogP contribution in [0.15, 0.2) is 35.6 Å². The Kier molecular flexibility index (Phi) is 5.67. The summed E-state index contributed by atoms with van der Waals surface area (Å²) in [5.41, 5.74) is 1.93. The van der Waals surface area contributed by atoms with Gasteiger partial charge >= 0.3 is 5.97 Å². The molecular formula is C17H19N5O3S. The van der Waals surface area contributed by atoms with E-state index in [0.29, 0.717) is 29.2 Å². The zero-order valence-corrected chi connectivity index (χ0v) is 15.6. The summed E-state index contributed by atoms with van der Waals surface area (Å²) in [5, 5.41) is 8.66. The third-order valence-corrected chi connectivity index (χ3v) is 5.03. The molecular weight excluding hydrogens is 354 g/mol. The SMILES string of the molecule is CCOC(=O)[C@@H](CC)Sc1ncnc2c1nnn2-c1ccc(OC)cc1. The lowest BCUT2D eigenvalue weighted by atomic mass is 10.3. The summed E-state index contributed by atoms with van der Waals surface area (Å²) in [6.07, 6.45) is 2.08. The number of fused-ring (bicyclic) bond motifs is 1. The normalized spacial score (nSPS) is 12.1. The Morgan fingerprint density at radius 3 is 2.65 bits per heavy atom. The molecule has 0 saturated carbocycles. The largest absolute Gasteiger partial charge is 0.497 e. The number of aromatic nitrogens is 5. The number of nitrogens with zero attached hydrogens (tertiary/aromatic N) is 5. The van der Waals surface area contributed by atoms with E-state index in [-0.39, 0.29) is 11.2 Å². The van der Waals surface area contributed by atoms with Gasteiger partial charge in [0.05, 0.1) is 19.4 Å². The molecule has 0 aliphatic carbocycles. The van der Waals surface area contributed by atoms with E-state index in [0.717, 1.165) is 11.4 Å². The van der Waals surface area contributed by atoms with Gasteiger partial charge in [0.2, 0.25) is 0 Å². The molecule has 26 heavy (non-hydrogen) atoms. The maximum atomic E-state index is 12.1. The Bertz CT molecular complexity index is 897. The van der Waals surface area contributed by atoms with Crippen molar-refractivity contribution >= 4 is 28.9 Å². The predicted molar refractivity (Wildman–Crippen MR) is 97.6 cm³/mol. The van der Waals surface area contributed by atoms with E-state index in [2.05, 4.69) is 20.3 Å². The van der Waals surface area contributed by atoms with Crippen LogP contribution >= 0.6 is 11.8 Å². The van der Waals surface area contributed by atoms with Crippen molar-refractivity contribution in [3.8, 4) is 11.4 Å². The van der Waals surface area contributed by atoms with Crippen molar-refractivity contribution in [2.75, 3.05) is 13.7 Å². The number of rotatable bonds is 7. The van der Waals surface area contributed by atoms with E-state index in [1.165, 1.54) is 18.1 Å². The lowest BCUT2D eigenvalue weighted by Crippen LogP contribution is -2.19. The number of carbonyl (C=O) groups excluding carboxylic acids is 1. The van der Waals surface area contributed by atoms with Crippen LogP contribution in [0.3, 0.4) is 0 Å². The fourth-order valence-corrected chi connectivity index (χ4v) is 3.33. The Morgan fingerprint density at radius 2 is 2.00 bits per heavy atom. The molecule has 2 aromatic heterocycles. The molecule has 3 rings (SSSR count). The quantitative estimate of drug-likeness (QED) is 0.355. The second-order valence-corrected chi connectivity index (χ2v) is 6.51. The molecule has 0 aliphatic rings. The zero-order chi connectivity index (χ0) is 18.5. The molecule has 2 heterocycles. The van der Waals surface area contributed by atoms with Crippen LogP contribution in [0.2, 0.25) is 0 Å². The number of benzene rings is 1. The van der Waals surface area contributed by atoms with Crippen LogP contribution in [0.25, 0.3) is 16.9 Å². The van der Waals surface area contributed by atoms with Gasteiger partial charge in [-0.15, -0.1) is 5.10 Å². The zero-order valence-electron chi connectivity index (χ0n) is 14.7. The minimum Gasteiger partial charge on any atom is -0.497 e. The number of thioether (sulfide) groups is 1. The Hall–Kier alpha value is -2.68. The maximum absolute atomic E-state index is 12.1. The standard InChI is InChI=1S/C17H19N5O3S/c1-4-13(17(23)25-5-2)26-16-14-15(18-10-19-16)22(21-20-14)11-6-8-12(24-3)9-7-11/h6-10,13H,4-5H2,1-3H3/t13-/m1/s1. The van der Waals surface area contributed by atoms with Crippen molar-refractivity contribution in [2.45, 2.75) is 30.5 Å². The number of hydrogen-bond donors (Lipinski definition) is 0. The molecule has 0 unspecified atom stereocenters. The van der Waals surface area contributed by atoms with Crippen molar-refractivity contribution in [1.29, 1.82) is 0 Å².